The number of aryl methyl sites for hydroxylation is 2. The molecule has 4 heteroatoms. The molecule has 1 amide bonds. The normalized spacial score (nSPS) is 16.1. The molecule has 0 saturated carbocycles. The van der Waals surface area contributed by atoms with Crippen molar-refractivity contribution in [1.29, 1.82) is 0 Å². The number of nitrogens with one attached hydrogen (secondary N) is 2. The molecular weight excluding hydrogens is 240 g/mol. The zero-order chi connectivity index (χ0) is 13.7. The smallest absolute Gasteiger partial charge is 0.239 e. The fraction of sp³-hybridized carbons (Fsp3) is 0.533. The molecule has 1 heterocycles. The Bertz CT molecular complexity index is 440. The Kier molecular flexibility index (Phi) is 4.80. The second kappa shape index (κ2) is 6.57. The van der Waals surface area contributed by atoms with Gasteiger partial charge >= 0.3 is 0 Å². The van der Waals surface area contributed by atoms with E-state index in [4.69, 9.17) is 4.74 Å². The van der Waals surface area contributed by atoms with Gasteiger partial charge in [-0.05, 0) is 49.9 Å². The maximum atomic E-state index is 11.8. The lowest BCUT2D eigenvalue weighted by molar-refractivity contribution is -0.120. The van der Waals surface area contributed by atoms with Gasteiger partial charge in [0.05, 0.1) is 6.54 Å². The lowest BCUT2D eigenvalue weighted by Crippen LogP contribution is -2.41. The van der Waals surface area contributed by atoms with Crippen LogP contribution in [0.4, 0.5) is 5.69 Å². The molecule has 1 aromatic rings. The first-order valence-corrected chi connectivity index (χ1v) is 6.83. The van der Waals surface area contributed by atoms with Gasteiger partial charge in [0.15, 0.2) is 0 Å². The second-order valence-corrected chi connectivity index (χ2v) is 5.11. The number of hydrogen-bond donors (Lipinski definition) is 2. The molecule has 19 heavy (non-hydrogen) atoms. The summed E-state index contributed by atoms with van der Waals surface area (Å²) in [5.41, 5.74) is 3.48. The highest BCUT2D eigenvalue weighted by molar-refractivity contribution is 5.81. The van der Waals surface area contributed by atoms with Crippen molar-refractivity contribution < 1.29 is 9.53 Å². The quantitative estimate of drug-likeness (QED) is 0.872. The van der Waals surface area contributed by atoms with E-state index in [0.717, 1.165) is 31.7 Å². The van der Waals surface area contributed by atoms with Gasteiger partial charge in [-0.25, -0.2) is 0 Å². The lowest BCUT2D eigenvalue weighted by atomic mass is 10.1. The Morgan fingerprint density at radius 1 is 1.26 bits per heavy atom. The number of amides is 1. The van der Waals surface area contributed by atoms with Crippen molar-refractivity contribution in [3.63, 3.8) is 0 Å². The minimum Gasteiger partial charge on any atom is -0.381 e. The van der Waals surface area contributed by atoms with E-state index in [2.05, 4.69) is 36.6 Å². The van der Waals surface area contributed by atoms with Crippen molar-refractivity contribution in [1.82, 2.24) is 5.32 Å². The fourth-order valence-corrected chi connectivity index (χ4v) is 2.15. The fourth-order valence-electron chi connectivity index (χ4n) is 2.15. The van der Waals surface area contributed by atoms with Crippen LogP contribution < -0.4 is 10.6 Å². The maximum absolute atomic E-state index is 11.8. The Labute approximate surface area is 114 Å². The molecule has 0 bridgehead atoms. The van der Waals surface area contributed by atoms with E-state index >= 15 is 0 Å². The van der Waals surface area contributed by atoms with Gasteiger partial charge in [-0.3, -0.25) is 4.79 Å². The first-order chi connectivity index (χ1) is 9.15. The average Bonchev–Trinajstić information content (AvgIpc) is 2.41. The highest BCUT2D eigenvalue weighted by Crippen LogP contribution is 2.13. The molecule has 1 saturated heterocycles. The van der Waals surface area contributed by atoms with Crippen molar-refractivity contribution in [3.8, 4) is 0 Å². The van der Waals surface area contributed by atoms with Crippen molar-refractivity contribution >= 4 is 11.6 Å². The van der Waals surface area contributed by atoms with Gasteiger partial charge in [0, 0.05) is 24.9 Å². The SMILES string of the molecule is Cc1ccc(NCC(=O)NC2CCOCC2)cc1C. The molecule has 1 aliphatic heterocycles. The van der Waals surface area contributed by atoms with Crippen molar-refractivity contribution in [2.75, 3.05) is 25.1 Å². The molecule has 0 radical (unpaired) electrons. The van der Waals surface area contributed by atoms with Crippen LogP contribution in [0, 0.1) is 13.8 Å². The Hall–Kier alpha value is -1.55. The lowest BCUT2D eigenvalue weighted by Gasteiger charge is -2.23. The number of hydrogen-bond acceptors (Lipinski definition) is 3. The predicted molar refractivity (Wildman–Crippen MR) is 76.4 cm³/mol. The summed E-state index contributed by atoms with van der Waals surface area (Å²) in [6.07, 6.45) is 1.82. The molecule has 104 valence electrons. The van der Waals surface area contributed by atoms with E-state index in [9.17, 15) is 4.79 Å². The maximum Gasteiger partial charge on any atom is 0.239 e. The summed E-state index contributed by atoms with van der Waals surface area (Å²) >= 11 is 0. The van der Waals surface area contributed by atoms with Crippen LogP contribution >= 0.6 is 0 Å². The van der Waals surface area contributed by atoms with Gasteiger partial charge in [0.2, 0.25) is 5.91 Å². The van der Waals surface area contributed by atoms with Crippen LogP contribution in [0.3, 0.4) is 0 Å². The third-order valence-electron chi connectivity index (χ3n) is 3.55. The number of carbonyl (C=O) groups excluding carboxylic acids is 1. The van der Waals surface area contributed by atoms with Gasteiger partial charge in [-0.15, -0.1) is 0 Å². The number of rotatable bonds is 4. The van der Waals surface area contributed by atoms with Crippen LogP contribution in [0.15, 0.2) is 18.2 Å². The molecule has 1 aromatic carbocycles. The molecule has 2 N–H and O–H groups in total. The van der Waals surface area contributed by atoms with Crippen molar-refractivity contribution in [2.24, 2.45) is 0 Å². The molecule has 1 fully saturated rings. The van der Waals surface area contributed by atoms with Gasteiger partial charge in [-0.2, -0.15) is 0 Å². The van der Waals surface area contributed by atoms with Crippen LogP contribution in [0.2, 0.25) is 0 Å². The third-order valence-corrected chi connectivity index (χ3v) is 3.55. The van der Waals surface area contributed by atoms with Gasteiger partial charge in [0.1, 0.15) is 0 Å². The monoisotopic (exact) mass is 262 g/mol. The van der Waals surface area contributed by atoms with Crippen LogP contribution in [-0.2, 0) is 9.53 Å². The molecule has 0 spiro atoms. The summed E-state index contributed by atoms with van der Waals surface area (Å²) in [4.78, 5) is 11.8. The molecule has 0 unspecified atom stereocenters. The van der Waals surface area contributed by atoms with Crippen LogP contribution in [0.1, 0.15) is 24.0 Å². The van der Waals surface area contributed by atoms with E-state index in [1.54, 1.807) is 0 Å². The minimum atomic E-state index is 0.0464. The second-order valence-electron chi connectivity index (χ2n) is 5.11. The van der Waals surface area contributed by atoms with Crippen LogP contribution in [-0.4, -0.2) is 31.7 Å². The number of benzene rings is 1. The van der Waals surface area contributed by atoms with Crippen molar-refractivity contribution in [3.05, 3.63) is 29.3 Å². The largest absolute Gasteiger partial charge is 0.381 e. The number of anilines is 1. The number of carbonyl (C=O) groups is 1. The van der Waals surface area contributed by atoms with Gasteiger partial charge < -0.3 is 15.4 Å². The first kappa shape index (κ1) is 13.9. The number of ether oxygens (including phenoxy) is 1. The van der Waals surface area contributed by atoms with Crippen LogP contribution in [0.25, 0.3) is 0 Å². The highest BCUT2D eigenvalue weighted by atomic mass is 16.5. The summed E-state index contributed by atoms with van der Waals surface area (Å²) in [6.45, 7) is 5.96. The highest BCUT2D eigenvalue weighted by Gasteiger charge is 2.15. The Morgan fingerprint density at radius 2 is 2.00 bits per heavy atom. The van der Waals surface area contributed by atoms with Crippen LogP contribution in [0.5, 0.6) is 0 Å². The summed E-state index contributed by atoms with van der Waals surface area (Å²) in [5.74, 6) is 0.0464. The molecule has 0 atom stereocenters. The molecule has 4 nitrogen and oxygen atoms in total. The Balaban J connectivity index is 1.77. The summed E-state index contributed by atoms with van der Waals surface area (Å²) in [6, 6.07) is 6.40. The third kappa shape index (κ3) is 4.24. The van der Waals surface area contributed by atoms with E-state index in [1.165, 1.54) is 11.1 Å². The zero-order valence-corrected chi connectivity index (χ0v) is 11.7. The summed E-state index contributed by atoms with van der Waals surface area (Å²) in [7, 11) is 0. The van der Waals surface area contributed by atoms with E-state index in [0.29, 0.717) is 6.54 Å². The summed E-state index contributed by atoms with van der Waals surface area (Å²) in [5, 5.41) is 6.19. The minimum absolute atomic E-state index is 0.0464. The van der Waals surface area contributed by atoms with Gasteiger partial charge in [-0.1, -0.05) is 6.07 Å². The first-order valence-electron chi connectivity index (χ1n) is 6.83. The molecule has 1 aliphatic rings. The topological polar surface area (TPSA) is 50.4 Å². The molecule has 2 rings (SSSR count). The zero-order valence-electron chi connectivity index (χ0n) is 11.7. The van der Waals surface area contributed by atoms with E-state index in [-0.39, 0.29) is 11.9 Å². The van der Waals surface area contributed by atoms with Gasteiger partial charge in [0.25, 0.3) is 0 Å². The molecule has 0 aromatic heterocycles. The predicted octanol–water partition coefficient (Wildman–Crippen LogP) is 2.01. The van der Waals surface area contributed by atoms with E-state index in [1.807, 2.05) is 6.07 Å². The Morgan fingerprint density at radius 3 is 2.68 bits per heavy atom. The average molecular weight is 262 g/mol. The van der Waals surface area contributed by atoms with E-state index < -0.39 is 0 Å². The van der Waals surface area contributed by atoms with Crippen molar-refractivity contribution in [2.45, 2.75) is 32.7 Å². The molecular formula is C15H22N2O2. The summed E-state index contributed by atoms with van der Waals surface area (Å²) < 4.78 is 5.27. The molecule has 0 aliphatic carbocycles. The standard InChI is InChI=1S/C15H22N2O2/c1-11-3-4-14(9-12(11)2)16-10-15(18)17-13-5-7-19-8-6-13/h3-4,9,13,16H,5-8,10H2,1-2H3,(H,17,18).